The van der Waals surface area contributed by atoms with E-state index in [1.165, 1.54) is 0 Å². The summed E-state index contributed by atoms with van der Waals surface area (Å²) in [4.78, 5) is 4.30. The summed E-state index contributed by atoms with van der Waals surface area (Å²) in [6, 6.07) is 7.48. The molecule has 0 radical (unpaired) electrons. The van der Waals surface area contributed by atoms with E-state index in [2.05, 4.69) is 4.84 Å². The maximum atomic E-state index is 9.93. The van der Waals surface area contributed by atoms with Crippen LogP contribution in [0.1, 0.15) is 11.1 Å². The van der Waals surface area contributed by atoms with Crippen LogP contribution in [0.25, 0.3) is 0 Å². The van der Waals surface area contributed by atoms with Crippen LogP contribution in [0.3, 0.4) is 0 Å². The summed E-state index contributed by atoms with van der Waals surface area (Å²) in [5.74, 6) is 0. The van der Waals surface area contributed by atoms with E-state index >= 15 is 0 Å². The highest BCUT2D eigenvalue weighted by Gasteiger charge is 1.92. The average molecular weight is 168 g/mol. The lowest BCUT2D eigenvalue weighted by Gasteiger charge is -2.17. The van der Waals surface area contributed by atoms with Gasteiger partial charge in [-0.3, -0.25) is 4.84 Å². The van der Waals surface area contributed by atoms with Gasteiger partial charge in [0.2, 0.25) is 0 Å². The fourth-order valence-electron chi connectivity index (χ4n) is 0.814. The van der Waals surface area contributed by atoms with Gasteiger partial charge in [0.15, 0.2) is 0 Å². The first-order chi connectivity index (χ1) is 5.68. The van der Waals surface area contributed by atoms with Crippen LogP contribution < -0.4 is 0 Å². The third-order valence-corrected chi connectivity index (χ3v) is 1.46. The first-order valence-corrected chi connectivity index (χ1v) is 3.53. The lowest BCUT2D eigenvalue weighted by molar-refractivity contribution is -0.312. The van der Waals surface area contributed by atoms with Gasteiger partial charge in [0, 0.05) is 0 Å². The molecule has 0 aliphatic rings. The Hall–Kier alpha value is -0.940. The largest absolute Gasteiger partial charge is 0.738 e. The van der Waals surface area contributed by atoms with E-state index in [-0.39, 0.29) is 6.61 Å². The molecule has 1 N–H and O–H groups in total. The van der Waals surface area contributed by atoms with E-state index in [9.17, 15) is 5.21 Å². The quantitative estimate of drug-likeness (QED) is 0.696. The second kappa shape index (κ2) is 4.18. The number of benzene rings is 1. The van der Waals surface area contributed by atoms with E-state index in [4.69, 9.17) is 5.21 Å². The smallest absolute Gasteiger partial charge is 0.0950 e. The van der Waals surface area contributed by atoms with E-state index in [0.29, 0.717) is 0 Å². The summed E-state index contributed by atoms with van der Waals surface area (Å²) in [6.45, 7) is 2.05. The fourth-order valence-corrected chi connectivity index (χ4v) is 0.814. The van der Waals surface area contributed by atoms with Gasteiger partial charge in [0.1, 0.15) is 0 Å². The van der Waals surface area contributed by atoms with Crippen LogP contribution in [0.2, 0.25) is 0 Å². The molecule has 0 atom stereocenters. The maximum Gasteiger partial charge on any atom is 0.0950 e. The van der Waals surface area contributed by atoms with Crippen molar-refractivity contribution in [2.45, 2.75) is 13.5 Å². The van der Waals surface area contributed by atoms with Gasteiger partial charge >= 0.3 is 0 Å². The first-order valence-electron chi connectivity index (χ1n) is 3.53. The monoisotopic (exact) mass is 168 g/mol. The molecule has 0 amide bonds. The zero-order chi connectivity index (χ0) is 8.97. The van der Waals surface area contributed by atoms with Crippen LogP contribution in [0.5, 0.6) is 0 Å². The van der Waals surface area contributed by atoms with Crippen molar-refractivity contribution in [1.82, 2.24) is 5.39 Å². The third kappa shape index (κ3) is 2.98. The Labute approximate surface area is 70.5 Å². The molecular weight excluding hydrogens is 158 g/mol. The zero-order valence-electron chi connectivity index (χ0n) is 6.73. The molecule has 0 unspecified atom stereocenters. The standard InChI is InChI=1S/C8H10NO3/c1-7-2-4-8(5-3-7)6-12-9(10)11/h2-5,10H,6H2,1H3/q-1. The number of hydrogen-bond donors (Lipinski definition) is 1. The maximum absolute atomic E-state index is 9.93. The van der Waals surface area contributed by atoms with Crippen molar-refractivity contribution in [2.24, 2.45) is 0 Å². The summed E-state index contributed by atoms with van der Waals surface area (Å²) >= 11 is 0. The zero-order valence-corrected chi connectivity index (χ0v) is 6.73. The summed E-state index contributed by atoms with van der Waals surface area (Å²) in [5.41, 5.74) is 1.98. The van der Waals surface area contributed by atoms with Gasteiger partial charge in [-0.15, -0.1) is 5.39 Å². The van der Waals surface area contributed by atoms with Crippen LogP contribution in [-0.2, 0) is 11.4 Å². The summed E-state index contributed by atoms with van der Waals surface area (Å²) in [6.07, 6.45) is 0. The fraction of sp³-hybridized carbons (Fsp3) is 0.250. The molecule has 12 heavy (non-hydrogen) atoms. The van der Waals surface area contributed by atoms with E-state index in [0.717, 1.165) is 11.1 Å². The molecule has 0 fully saturated rings. The van der Waals surface area contributed by atoms with Crippen molar-refractivity contribution in [3.05, 3.63) is 40.6 Å². The summed E-state index contributed by atoms with van der Waals surface area (Å²) in [7, 11) is 0. The predicted molar refractivity (Wildman–Crippen MR) is 43.0 cm³/mol. The van der Waals surface area contributed by atoms with Gasteiger partial charge in [0.25, 0.3) is 0 Å². The minimum absolute atomic E-state index is 0.0836. The van der Waals surface area contributed by atoms with Crippen molar-refractivity contribution in [1.29, 1.82) is 0 Å². The Morgan fingerprint density at radius 3 is 2.50 bits per heavy atom. The Bertz CT molecular complexity index is 233. The Morgan fingerprint density at radius 2 is 2.00 bits per heavy atom. The van der Waals surface area contributed by atoms with Gasteiger partial charge in [0.05, 0.1) is 6.61 Å². The molecule has 1 aromatic carbocycles. The molecule has 0 heterocycles. The van der Waals surface area contributed by atoms with Crippen LogP contribution >= 0.6 is 0 Å². The molecule has 1 rings (SSSR count). The van der Waals surface area contributed by atoms with Crippen molar-refractivity contribution in [3.63, 3.8) is 0 Å². The first kappa shape index (κ1) is 9.15. The molecule has 4 nitrogen and oxygen atoms in total. The number of rotatable bonds is 3. The Kier molecular flexibility index (Phi) is 3.19. The molecule has 0 aliphatic carbocycles. The Morgan fingerprint density at radius 1 is 1.42 bits per heavy atom. The predicted octanol–water partition coefficient (Wildman–Crippen LogP) is 1.62. The van der Waals surface area contributed by atoms with Crippen LogP contribution in [-0.4, -0.2) is 10.6 Å². The molecule has 0 aliphatic heterocycles. The lowest BCUT2D eigenvalue weighted by Crippen LogP contribution is -2.10. The summed E-state index contributed by atoms with van der Waals surface area (Å²) in [5, 5.41) is 17.5. The molecule has 4 heteroatoms. The minimum Gasteiger partial charge on any atom is -0.738 e. The molecule has 0 aromatic heterocycles. The van der Waals surface area contributed by atoms with Gasteiger partial charge in [-0.2, -0.15) is 0 Å². The second-order valence-electron chi connectivity index (χ2n) is 2.50. The van der Waals surface area contributed by atoms with Gasteiger partial charge in [-0.1, -0.05) is 29.8 Å². The van der Waals surface area contributed by atoms with Crippen LogP contribution in [0.4, 0.5) is 0 Å². The molecule has 66 valence electrons. The van der Waals surface area contributed by atoms with Gasteiger partial charge in [-0.25, -0.2) is 0 Å². The van der Waals surface area contributed by atoms with Crippen molar-refractivity contribution in [3.8, 4) is 0 Å². The lowest BCUT2D eigenvalue weighted by atomic mass is 10.2. The van der Waals surface area contributed by atoms with Crippen molar-refractivity contribution in [2.75, 3.05) is 0 Å². The molecule has 0 bridgehead atoms. The average Bonchev–Trinajstić information content (AvgIpc) is 2.03. The molecular formula is C8H10NO3-. The van der Waals surface area contributed by atoms with Crippen molar-refractivity contribution < 1.29 is 10.0 Å². The van der Waals surface area contributed by atoms with E-state index < -0.39 is 5.39 Å². The van der Waals surface area contributed by atoms with E-state index in [1.54, 1.807) is 0 Å². The van der Waals surface area contributed by atoms with Crippen molar-refractivity contribution >= 4 is 0 Å². The SMILES string of the molecule is Cc1ccc(CON([O-])O)cc1. The van der Waals surface area contributed by atoms with Gasteiger partial charge in [-0.05, 0) is 12.5 Å². The number of hydrogen-bond acceptors (Lipinski definition) is 4. The number of aryl methyl sites for hydroxylation is 1. The highest BCUT2D eigenvalue weighted by atomic mass is 17.1. The molecule has 1 aromatic rings. The molecule has 0 saturated carbocycles. The summed E-state index contributed by atoms with van der Waals surface area (Å²) < 4.78 is 0. The van der Waals surface area contributed by atoms with Crippen LogP contribution in [0, 0.1) is 12.1 Å². The molecule has 0 spiro atoms. The minimum atomic E-state index is -0.542. The normalized spacial score (nSPS) is 10.7. The van der Waals surface area contributed by atoms with Gasteiger partial charge < -0.3 is 10.4 Å². The van der Waals surface area contributed by atoms with Crippen LogP contribution in [0.15, 0.2) is 24.3 Å². The second-order valence-corrected chi connectivity index (χ2v) is 2.50. The topological polar surface area (TPSA) is 55.8 Å². The number of nitrogens with zero attached hydrogens (tertiary/aromatic N) is 1. The highest BCUT2D eigenvalue weighted by molar-refractivity contribution is 5.20. The highest BCUT2D eigenvalue weighted by Crippen LogP contribution is 2.04. The molecule has 0 saturated heterocycles. The Balaban J connectivity index is 2.48. The van der Waals surface area contributed by atoms with E-state index in [1.807, 2.05) is 31.2 Å². The third-order valence-electron chi connectivity index (χ3n) is 1.46.